The third kappa shape index (κ3) is 8.95. The molecule has 2 atom stereocenters. The van der Waals surface area contributed by atoms with Crippen LogP contribution in [0.4, 0.5) is 4.79 Å². The number of benzene rings is 1. The van der Waals surface area contributed by atoms with Crippen LogP contribution in [0.1, 0.15) is 56.9 Å². The van der Waals surface area contributed by atoms with Crippen molar-refractivity contribution in [2.45, 2.75) is 57.7 Å². The van der Waals surface area contributed by atoms with E-state index >= 15 is 0 Å². The number of hydrogen-bond acceptors (Lipinski definition) is 6. The predicted molar refractivity (Wildman–Crippen MR) is 100 cm³/mol. The molecule has 0 bridgehead atoms. The van der Waals surface area contributed by atoms with Crippen molar-refractivity contribution in [1.82, 2.24) is 5.32 Å². The summed E-state index contributed by atoms with van der Waals surface area (Å²) in [6.45, 7) is 1.53. The van der Waals surface area contributed by atoms with Crippen LogP contribution in [0.5, 0.6) is 0 Å². The molecule has 1 aliphatic rings. The molecule has 9 heteroatoms. The number of carboxylic acids is 1. The first-order chi connectivity index (χ1) is 13.4. The summed E-state index contributed by atoms with van der Waals surface area (Å²) in [7, 11) is 0. The quantitative estimate of drug-likeness (QED) is 0.345. The van der Waals surface area contributed by atoms with E-state index in [9.17, 15) is 19.5 Å². The third-order valence-corrected chi connectivity index (χ3v) is 5.00. The SMILES string of the molecule is CC(OC(=O)NCCC(C(=O)[O-])c1ccc(Cl)cc1)OC(=O)C1CCCCC1.[Na+]. The van der Waals surface area contributed by atoms with Gasteiger partial charge < -0.3 is 24.7 Å². The number of aliphatic carboxylic acids is 1. The van der Waals surface area contributed by atoms with Crippen molar-refractivity contribution >= 4 is 29.6 Å². The van der Waals surface area contributed by atoms with Gasteiger partial charge >= 0.3 is 41.6 Å². The number of carboxylic acid groups (broad SMARTS) is 1. The zero-order chi connectivity index (χ0) is 20.5. The first-order valence-electron chi connectivity index (χ1n) is 9.48. The Kier molecular flexibility index (Phi) is 11.6. The molecule has 1 amide bonds. The van der Waals surface area contributed by atoms with Crippen LogP contribution in [-0.2, 0) is 19.1 Å². The van der Waals surface area contributed by atoms with Gasteiger partial charge in [0.25, 0.3) is 0 Å². The minimum atomic E-state index is -1.24. The van der Waals surface area contributed by atoms with Crippen molar-refractivity contribution in [2.24, 2.45) is 5.92 Å². The zero-order valence-electron chi connectivity index (χ0n) is 16.8. The second-order valence-corrected chi connectivity index (χ2v) is 7.32. The smallest absolute Gasteiger partial charge is 0.549 e. The number of carbonyl (C=O) groups excluding carboxylic acids is 3. The maximum Gasteiger partial charge on any atom is 1.00 e. The second kappa shape index (κ2) is 13.1. The molecule has 1 fully saturated rings. The van der Waals surface area contributed by atoms with Crippen molar-refractivity contribution < 1.29 is 58.5 Å². The molecule has 1 N–H and O–H groups in total. The van der Waals surface area contributed by atoms with E-state index in [-0.39, 0.29) is 54.4 Å². The van der Waals surface area contributed by atoms with Gasteiger partial charge in [-0.1, -0.05) is 43.0 Å². The van der Waals surface area contributed by atoms with Crippen molar-refractivity contribution in [3.63, 3.8) is 0 Å². The number of halogens is 1. The number of nitrogens with one attached hydrogen (secondary N) is 1. The Morgan fingerprint density at radius 3 is 2.34 bits per heavy atom. The van der Waals surface area contributed by atoms with Crippen LogP contribution in [-0.4, -0.2) is 30.9 Å². The number of carbonyl (C=O) groups is 3. The topological polar surface area (TPSA) is 105 Å². The standard InChI is InChI=1S/C20H26ClNO6.Na/c1-13(27-19(25)15-5-3-2-4-6-15)28-20(26)22-12-11-17(18(23)24)14-7-9-16(21)10-8-14;/h7-10,13,15,17H,2-6,11-12H2,1H3,(H,22,26)(H,23,24);/q;+1/p-1. The third-order valence-electron chi connectivity index (χ3n) is 4.75. The average Bonchev–Trinajstić information content (AvgIpc) is 2.66. The number of hydrogen-bond donors (Lipinski definition) is 1. The minimum Gasteiger partial charge on any atom is -0.549 e. The molecule has 2 unspecified atom stereocenters. The average molecular weight is 434 g/mol. The van der Waals surface area contributed by atoms with E-state index in [0.29, 0.717) is 10.6 Å². The molecule has 7 nitrogen and oxygen atoms in total. The van der Waals surface area contributed by atoms with Gasteiger partial charge in [-0.25, -0.2) is 4.79 Å². The normalized spacial score (nSPS) is 16.1. The summed E-state index contributed by atoms with van der Waals surface area (Å²) in [5, 5.41) is 14.3. The van der Waals surface area contributed by atoms with Gasteiger partial charge in [-0.3, -0.25) is 4.79 Å². The fourth-order valence-electron chi connectivity index (χ4n) is 3.25. The molecule has 0 saturated heterocycles. The molecule has 2 rings (SSSR count). The van der Waals surface area contributed by atoms with Crippen LogP contribution >= 0.6 is 11.6 Å². The van der Waals surface area contributed by atoms with E-state index in [4.69, 9.17) is 21.1 Å². The first-order valence-corrected chi connectivity index (χ1v) is 9.86. The zero-order valence-corrected chi connectivity index (χ0v) is 19.6. The summed E-state index contributed by atoms with van der Waals surface area (Å²) in [5.41, 5.74) is 0.536. The van der Waals surface area contributed by atoms with E-state index in [0.717, 1.165) is 32.1 Å². The van der Waals surface area contributed by atoms with Crippen LogP contribution in [0.25, 0.3) is 0 Å². The Hall–Kier alpha value is -1.28. The fourth-order valence-corrected chi connectivity index (χ4v) is 3.37. The first kappa shape index (κ1) is 25.8. The van der Waals surface area contributed by atoms with Crippen LogP contribution in [0.15, 0.2) is 24.3 Å². The summed E-state index contributed by atoms with van der Waals surface area (Å²) in [4.78, 5) is 35.2. The summed E-state index contributed by atoms with van der Waals surface area (Å²) < 4.78 is 10.2. The van der Waals surface area contributed by atoms with E-state index in [2.05, 4.69) is 5.32 Å². The minimum absolute atomic E-state index is 0. The Balaban J connectivity index is 0.00000420. The van der Waals surface area contributed by atoms with Gasteiger partial charge in [-0.05, 0) is 37.0 Å². The van der Waals surface area contributed by atoms with Crippen molar-refractivity contribution in [1.29, 1.82) is 0 Å². The number of ether oxygens (including phenoxy) is 2. The summed E-state index contributed by atoms with van der Waals surface area (Å²) >= 11 is 5.80. The second-order valence-electron chi connectivity index (χ2n) is 6.88. The number of alkyl carbamates (subject to hydrolysis) is 1. The summed E-state index contributed by atoms with van der Waals surface area (Å²) in [6, 6.07) is 6.40. The monoisotopic (exact) mass is 433 g/mol. The van der Waals surface area contributed by atoms with Gasteiger partial charge in [0, 0.05) is 30.4 Å². The molecule has 0 radical (unpaired) electrons. The van der Waals surface area contributed by atoms with Crippen LogP contribution < -0.4 is 40.0 Å². The van der Waals surface area contributed by atoms with Crippen LogP contribution in [0.2, 0.25) is 5.02 Å². The molecule has 1 saturated carbocycles. The van der Waals surface area contributed by atoms with Crippen LogP contribution in [0, 0.1) is 5.92 Å². The predicted octanol–water partition coefficient (Wildman–Crippen LogP) is -0.237. The Labute approximate surface area is 197 Å². The molecule has 1 aromatic carbocycles. The summed E-state index contributed by atoms with van der Waals surface area (Å²) in [6.07, 6.45) is 3.06. The van der Waals surface area contributed by atoms with Gasteiger partial charge in [0.05, 0.1) is 5.92 Å². The summed E-state index contributed by atoms with van der Waals surface area (Å²) in [5.74, 6) is -2.61. The molecule has 29 heavy (non-hydrogen) atoms. The fraction of sp³-hybridized carbons (Fsp3) is 0.550. The van der Waals surface area contributed by atoms with Crippen molar-refractivity contribution in [3.05, 3.63) is 34.9 Å². The van der Waals surface area contributed by atoms with E-state index in [1.54, 1.807) is 24.3 Å². The number of rotatable bonds is 8. The van der Waals surface area contributed by atoms with Crippen molar-refractivity contribution in [2.75, 3.05) is 6.54 Å². The van der Waals surface area contributed by atoms with Crippen LogP contribution in [0.3, 0.4) is 0 Å². The molecule has 0 spiro atoms. The molecular weight excluding hydrogens is 409 g/mol. The largest absolute Gasteiger partial charge is 1.00 e. The molecule has 0 aliphatic heterocycles. The number of esters is 1. The molecule has 1 aromatic rings. The van der Waals surface area contributed by atoms with Crippen molar-refractivity contribution in [3.8, 4) is 0 Å². The maximum absolute atomic E-state index is 12.0. The van der Waals surface area contributed by atoms with E-state index < -0.39 is 24.3 Å². The molecule has 154 valence electrons. The van der Waals surface area contributed by atoms with Gasteiger partial charge in [0.15, 0.2) is 0 Å². The van der Waals surface area contributed by atoms with Gasteiger partial charge in [0.1, 0.15) is 0 Å². The Morgan fingerprint density at radius 1 is 1.14 bits per heavy atom. The van der Waals surface area contributed by atoms with E-state index in [1.165, 1.54) is 6.92 Å². The maximum atomic E-state index is 12.0. The molecular formula is C20H25ClNNaO6. The molecule has 0 heterocycles. The van der Waals surface area contributed by atoms with Gasteiger partial charge in [0.2, 0.25) is 6.29 Å². The number of amides is 1. The Bertz CT molecular complexity index is 678. The van der Waals surface area contributed by atoms with Gasteiger partial charge in [-0.15, -0.1) is 0 Å². The van der Waals surface area contributed by atoms with E-state index in [1.807, 2.05) is 0 Å². The molecule has 1 aliphatic carbocycles. The molecule has 0 aromatic heterocycles. The van der Waals surface area contributed by atoms with Gasteiger partial charge in [-0.2, -0.15) is 0 Å². The Morgan fingerprint density at radius 2 is 1.76 bits per heavy atom.